The summed E-state index contributed by atoms with van der Waals surface area (Å²) in [6, 6.07) is 9.66. The van der Waals surface area contributed by atoms with Crippen molar-refractivity contribution in [2.45, 2.75) is 45.1 Å². The summed E-state index contributed by atoms with van der Waals surface area (Å²) >= 11 is 0. The number of para-hydroxylation sites is 1. The summed E-state index contributed by atoms with van der Waals surface area (Å²) in [7, 11) is 0. The van der Waals surface area contributed by atoms with Crippen LogP contribution in [0.3, 0.4) is 0 Å². The fourth-order valence-corrected chi connectivity index (χ4v) is 3.25. The van der Waals surface area contributed by atoms with E-state index in [9.17, 15) is 0 Å². The van der Waals surface area contributed by atoms with Crippen LogP contribution in [0.15, 0.2) is 24.3 Å². The lowest BCUT2D eigenvalue weighted by Gasteiger charge is -2.34. The second-order valence-corrected chi connectivity index (χ2v) is 6.08. The zero-order valence-electron chi connectivity index (χ0n) is 12.1. The Balaban J connectivity index is 1.68. The Labute approximate surface area is 117 Å². The fraction of sp³-hybridized carbons (Fsp3) is 0.647. The number of hydrogen-bond donors (Lipinski definition) is 1. The largest absolute Gasteiger partial charge is 0.370 e. The molecule has 1 aromatic rings. The van der Waals surface area contributed by atoms with Crippen LogP contribution >= 0.6 is 0 Å². The summed E-state index contributed by atoms with van der Waals surface area (Å²) in [5.74, 6) is 0.931. The molecule has 2 nitrogen and oxygen atoms in total. The second-order valence-electron chi connectivity index (χ2n) is 6.08. The lowest BCUT2D eigenvalue weighted by Crippen LogP contribution is -2.44. The first-order chi connectivity index (χ1) is 9.38. The van der Waals surface area contributed by atoms with Gasteiger partial charge in [0.25, 0.3) is 0 Å². The van der Waals surface area contributed by atoms with Gasteiger partial charge in [0.2, 0.25) is 0 Å². The number of hydrogen-bond acceptors (Lipinski definition) is 2. The van der Waals surface area contributed by atoms with Gasteiger partial charge in [-0.15, -0.1) is 0 Å². The molecule has 0 spiro atoms. The van der Waals surface area contributed by atoms with E-state index in [1.807, 2.05) is 0 Å². The summed E-state index contributed by atoms with van der Waals surface area (Å²) in [4.78, 5) is 2.62. The molecule has 0 bridgehead atoms. The summed E-state index contributed by atoms with van der Waals surface area (Å²) in [6.07, 6.45) is 6.65. The van der Waals surface area contributed by atoms with Crippen LogP contribution in [-0.4, -0.2) is 25.7 Å². The topological polar surface area (TPSA) is 15.3 Å². The van der Waals surface area contributed by atoms with E-state index < -0.39 is 0 Å². The average molecular weight is 258 g/mol. The van der Waals surface area contributed by atoms with Crippen LogP contribution in [0.5, 0.6) is 0 Å². The van der Waals surface area contributed by atoms with Gasteiger partial charge in [-0.3, -0.25) is 0 Å². The zero-order valence-corrected chi connectivity index (χ0v) is 12.1. The normalized spacial score (nSPS) is 20.2. The Morgan fingerprint density at radius 1 is 1.32 bits per heavy atom. The van der Waals surface area contributed by atoms with Crippen molar-refractivity contribution in [3.63, 3.8) is 0 Å². The number of nitrogens with one attached hydrogen (secondary N) is 1. The number of aryl methyl sites for hydroxylation is 1. The number of nitrogens with zero attached hydrogens (tertiary/aromatic N) is 1. The molecule has 0 radical (unpaired) electrons. The van der Waals surface area contributed by atoms with Crippen LogP contribution in [0.2, 0.25) is 0 Å². The monoisotopic (exact) mass is 258 g/mol. The molecular formula is C17H26N2. The molecule has 19 heavy (non-hydrogen) atoms. The molecule has 2 aliphatic rings. The van der Waals surface area contributed by atoms with Crippen LogP contribution < -0.4 is 10.2 Å². The van der Waals surface area contributed by atoms with Gasteiger partial charge in [0.1, 0.15) is 0 Å². The minimum absolute atomic E-state index is 0.700. The van der Waals surface area contributed by atoms with E-state index in [0.29, 0.717) is 6.04 Å². The predicted molar refractivity (Wildman–Crippen MR) is 81.8 cm³/mol. The Morgan fingerprint density at radius 3 is 2.95 bits per heavy atom. The van der Waals surface area contributed by atoms with Gasteiger partial charge in [-0.25, -0.2) is 0 Å². The molecule has 1 heterocycles. The Bertz CT molecular complexity index is 411. The van der Waals surface area contributed by atoms with Gasteiger partial charge >= 0.3 is 0 Å². The van der Waals surface area contributed by atoms with Crippen LogP contribution in [0, 0.1) is 5.92 Å². The Morgan fingerprint density at radius 2 is 2.16 bits per heavy atom. The van der Waals surface area contributed by atoms with Gasteiger partial charge in [-0.2, -0.15) is 0 Å². The highest BCUT2D eigenvalue weighted by molar-refractivity contribution is 5.55. The molecule has 1 atom stereocenters. The van der Waals surface area contributed by atoms with Crippen LogP contribution in [0.25, 0.3) is 0 Å². The Kier molecular flexibility index (Phi) is 4.07. The van der Waals surface area contributed by atoms with Crippen molar-refractivity contribution in [2.24, 2.45) is 5.92 Å². The molecule has 1 fully saturated rings. The van der Waals surface area contributed by atoms with Gasteiger partial charge in [-0.1, -0.05) is 25.1 Å². The van der Waals surface area contributed by atoms with Gasteiger partial charge in [-0.05, 0) is 56.2 Å². The third-order valence-corrected chi connectivity index (χ3v) is 4.47. The van der Waals surface area contributed by atoms with Crippen LogP contribution in [-0.2, 0) is 6.42 Å². The van der Waals surface area contributed by atoms with Crippen molar-refractivity contribution in [2.75, 3.05) is 24.5 Å². The lowest BCUT2D eigenvalue weighted by atomic mass is 10.0. The quantitative estimate of drug-likeness (QED) is 0.843. The molecule has 1 aliphatic carbocycles. The molecule has 0 saturated heterocycles. The molecule has 3 rings (SSSR count). The highest BCUT2D eigenvalue weighted by Gasteiger charge is 2.32. The van der Waals surface area contributed by atoms with E-state index in [1.54, 1.807) is 5.56 Å². The third kappa shape index (κ3) is 3.11. The van der Waals surface area contributed by atoms with Crippen LogP contribution in [0.1, 0.15) is 38.2 Å². The molecule has 1 aromatic carbocycles. The van der Waals surface area contributed by atoms with Crippen molar-refractivity contribution in [3.05, 3.63) is 29.8 Å². The first-order valence-electron chi connectivity index (χ1n) is 7.94. The molecule has 1 unspecified atom stereocenters. The third-order valence-electron chi connectivity index (χ3n) is 4.47. The maximum Gasteiger partial charge on any atom is 0.0399 e. The van der Waals surface area contributed by atoms with Crippen molar-refractivity contribution in [1.29, 1.82) is 0 Å². The average Bonchev–Trinajstić information content (AvgIpc) is 3.28. The molecular weight excluding hydrogens is 232 g/mol. The zero-order chi connectivity index (χ0) is 13.1. The SMILES string of the molecule is CCCNC(CN1CCCc2ccccc21)C1CC1. The molecule has 104 valence electrons. The van der Waals surface area contributed by atoms with E-state index in [-0.39, 0.29) is 0 Å². The molecule has 1 N–H and O–H groups in total. The number of fused-ring (bicyclic) bond motifs is 1. The molecule has 0 aromatic heterocycles. The molecule has 1 saturated carbocycles. The fourth-order valence-electron chi connectivity index (χ4n) is 3.25. The van der Waals surface area contributed by atoms with Gasteiger partial charge in [0.05, 0.1) is 0 Å². The Hall–Kier alpha value is -1.02. The maximum absolute atomic E-state index is 3.77. The van der Waals surface area contributed by atoms with Gasteiger partial charge < -0.3 is 10.2 Å². The van der Waals surface area contributed by atoms with Gasteiger partial charge in [0, 0.05) is 24.8 Å². The van der Waals surface area contributed by atoms with E-state index >= 15 is 0 Å². The highest BCUT2D eigenvalue weighted by Crippen LogP contribution is 2.35. The minimum Gasteiger partial charge on any atom is -0.370 e. The number of anilines is 1. The van der Waals surface area contributed by atoms with E-state index in [2.05, 4.69) is 41.4 Å². The van der Waals surface area contributed by atoms with E-state index in [1.165, 1.54) is 50.9 Å². The van der Waals surface area contributed by atoms with Crippen molar-refractivity contribution >= 4 is 5.69 Å². The first-order valence-corrected chi connectivity index (χ1v) is 7.94. The maximum atomic E-state index is 3.77. The lowest BCUT2D eigenvalue weighted by molar-refractivity contribution is 0.452. The predicted octanol–water partition coefficient (Wildman–Crippen LogP) is 3.22. The molecule has 2 heteroatoms. The number of benzene rings is 1. The van der Waals surface area contributed by atoms with Crippen molar-refractivity contribution < 1.29 is 0 Å². The summed E-state index contributed by atoms with van der Waals surface area (Å²) < 4.78 is 0. The van der Waals surface area contributed by atoms with Gasteiger partial charge in [0.15, 0.2) is 0 Å². The second kappa shape index (κ2) is 5.96. The highest BCUT2D eigenvalue weighted by atomic mass is 15.2. The molecule has 0 amide bonds. The van der Waals surface area contributed by atoms with Crippen LogP contribution in [0.4, 0.5) is 5.69 Å². The molecule has 1 aliphatic heterocycles. The smallest absolute Gasteiger partial charge is 0.0399 e. The van der Waals surface area contributed by atoms with E-state index in [0.717, 1.165) is 12.5 Å². The number of rotatable bonds is 6. The summed E-state index contributed by atoms with van der Waals surface area (Å²) in [5, 5.41) is 3.77. The summed E-state index contributed by atoms with van der Waals surface area (Å²) in [5.41, 5.74) is 3.02. The first kappa shape index (κ1) is 13.0. The standard InChI is InChI=1S/C17H26N2/c1-2-11-18-16(14-9-10-14)13-19-12-5-7-15-6-3-4-8-17(15)19/h3-4,6,8,14,16,18H,2,5,7,9-13H2,1H3. The minimum atomic E-state index is 0.700. The van der Waals surface area contributed by atoms with Crippen molar-refractivity contribution in [1.82, 2.24) is 5.32 Å². The summed E-state index contributed by atoms with van der Waals surface area (Å²) in [6.45, 7) is 5.85. The van der Waals surface area contributed by atoms with Crippen molar-refractivity contribution in [3.8, 4) is 0 Å². The van der Waals surface area contributed by atoms with E-state index in [4.69, 9.17) is 0 Å².